The zero-order chi connectivity index (χ0) is 20.3. The number of carbonyl (C=O) groups excluding carboxylic acids is 3. The van der Waals surface area contributed by atoms with Gasteiger partial charge in [0, 0.05) is 5.56 Å². The van der Waals surface area contributed by atoms with E-state index in [2.05, 4.69) is 4.72 Å². The van der Waals surface area contributed by atoms with Gasteiger partial charge >= 0.3 is 6.09 Å². The summed E-state index contributed by atoms with van der Waals surface area (Å²) < 4.78 is 32.9. The van der Waals surface area contributed by atoms with Crippen molar-refractivity contribution >= 4 is 27.8 Å². The Hall–Kier alpha value is -3.04. The fraction of sp³-hybridized carbons (Fsp3) is 0.211. The number of sulfonamides is 1. The zero-order valence-electron chi connectivity index (χ0n) is 15.0. The van der Waals surface area contributed by atoms with Crippen LogP contribution in [0.3, 0.4) is 0 Å². The molecule has 0 spiro atoms. The Balaban J connectivity index is 1.88. The van der Waals surface area contributed by atoms with Crippen LogP contribution in [-0.4, -0.2) is 44.3 Å². The minimum atomic E-state index is -3.98. The van der Waals surface area contributed by atoms with E-state index in [-0.39, 0.29) is 23.8 Å². The quantitative estimate of drug-likeness (QED) is 0.708. The van der Waals surface area contributed by atoms with Gasteiger partial charge < -0.3 is 4.74 Å². The first-order valence-corrected chi connectivity index (χ1v) is 9.91. The third kappa shape index (κ3) is 4.26. The maximum Gasteiger partial charge on any atom is 0.417 e. The molecule has 1 saturated heterocycles. The number of nitrogens with zero attached hydrogens (tertiary/aromatic N) is 1. The largest absolute Gasteiger partial charge is 0.439 e. The van der Waals surface area contributed by atoms with E-state index in [1.54, 1.807) is 30.3 Å². The van der Waals surface area contributed by atoms with Gasteiger partial charge in [0.2, 0.25) is 10.0 Å². The van der Waals surface area contributed by atoms with E-state index in [4.69, 9.17) is 4.74 Å². The maximum absolute atomic E-state index is 12.8. The molecule has 1 N–H and O–H groups in total. The molecule has 0 aromatic heterocycles. The molecule has 2 aromatic carbocycles. The van der Waals surface area contributed by atoms with Crippen molar-refractivity contribution in [2.24, 2.45) is 0 Å². The van der Waals surface area contributed by atoms with Gasteiger partial charge in [0.1, 0.15) is 0 Å². The van der Waals surface area contributed by atoms with Crippen LogP contribution in [0.15, 0.2) is 59.5 Å². The minimum Gasteiger partial charge on any atom is -0.439 e. The van der Waals surface area contributed by atoms with Gasteiger partial charge in [-0.15, -0.1) is 0 Å². The molecule has 8 nitrogen and oxygen atoms in total. The summed E-state index contributed by atoms with van der Waals surface area (Å²) in [5.41, 5.74) is 0.975. The van der Waals surface area contributed by atoms with Crippen LogP contribution in [-0.2, 0) is 19.6 Å². The number of ketones is 1. The standard InChI is InChI=1S/C19H18N2O6S/c1-13(22)14-7-9-16(10-8-14)28(25,26)20-17(15-5-3-2-4-6-15)11-21-18(23)12-27-19(21)24/h2-10,17,20H,11-12H2,1H3. The van der Waals surface area contributed by atoms with E-state index in [9.17, 15) is 22.8 Å². The van der Waals surface area contributed by atoms with Gasteiger partial charge in [0.15, 0.2) is 12.4 Å². The number of ether oxygens (including phenoxy) is 1. The summed E-state index contributed by atoms with van der Waals surface area (Å²) in [4.78, 5) is 35.8. The summed E-state index contributed by atoms with van der Waals surface area (Å²) in [6.07, 6.45) is -0.809. The lowest BCUT2D eigenvalue weighted by atomic mass is 10.1. The highest BCUT2D eigenvalue weighted by atomic mass is 32.2. The first-order valence-electron chi connectivity index (χ1n) is 8.43. The van der Waals surface area contributed by atoms with Gasteiger partial charge in [0.25, 0.3) is 5.91 Å². The third-order valence-electron chi connectivity index (χ3n) is 4.28. The average Bonchev–Trinajstić information content (AvgIpc) is 3.00. The van der Waals surface area contributed by atoms with Crippen LogP contribution in [0.4, 0.5) is 4.79 Å². The van der Waals surface area contributed by atoms with Gasteiger partial charge in [-0.2, -0.15) is 0 Å². The molecular weight excluding hydrogens is 384 g/mol. The van der Waals surface area contributed by atoms with Crippen molar-refractivity contribution < 1.29 is 27.5 Å². The van der Waals surface area contributed by atoms with E-state index >= 15 is 0 Å². The van der Waals surface area contributed by atoms with Gasteiger partial charge in [-0.05, 0) is 24.6 Å². The molecule has 146 valence electrons. The topological polar surface area (TPSA) is 110 Å². The highest BCUT2D eigenvalue weighted by Gasteiger charge is 2.34. The molecule has 0 bridgehead atoms. The van der Waals surface area contributed by atoms with E-state index in [1.165, 1.54) is 31.2 Å². The maximum atomic E-state index is 12.8. The van der Waals surface area contributed by atoms with Crippen LogP contribution < -0.4 is 4.72 Å². The molecule has 0 aliphatic carbocycles. The van der Waals surface area contributed by atoms with Crippen molar-refractivity contribution in [2.75, 3.05) is 13.2 Å². The van der Waals surface area contributed by atoms with Crippen LogP contribution >= 0.6 is 0 Å². The summed E-state index contributed by atoms with van der Waals surface area (Å²) in [6, 6.07) is 13.2. The van der Waals surface area contributed by atoms with Gasteiger partial charge in [0.05, 0.1) is 17.5 Å². The number of benzene rings is 2. The fourth-order valence-corrected chi connectivity index (χ4v) is 3.98. The monoisotopic (exact) mass is 402 g/mol. The molecule has 1 aliphatic heterocycles. The molecule has 2 amide bonds. The van der Waals surface area contributed by atoms with Crippen molar-refractivity contribution in [1.29, 1.82) is 0 Å². The highest BCUT2D eigenvalue weighted by Crippen LogP contribution is 2.21. The molecule has 3 rings (SSSR count). The van der Waals surface area contributed by atoms with Gasteiger partial charge in [-0.3, -0.25) is 9.59 Å². The first kappa shape index (κ1) is 19.7. The van der Waals surface area contributed by atoms with Crippen molar-refractivity contribution in [3.05, 3.63) is 65.7 Å². The molecule has 1 unspecified atom stereocenters. The van der Waals surface area contributed by atoms with Crippen molar-refractivity contribution in [2.45, 2.75) is 17.9 Å². The van der Waals surface area contributed by atoms with E-state index in [1.807, 2.05) is 0 Å². The minimum absolute atomic E-state index is 0.0336. The molecule has 1 aliphatic rings. The predicted octanol–water partition coefficient (Wildman–Crippen LogP) is 1.89. The third-order valence-corrected chi connectivity index (χ3v) is 5.76. The smallest absolute Gasteiger partial charge is 0.417 e. The number of carbonyl (C=O) groups is 3. The summed E-state index contributed by atoms with van der Waals surface area (Å²) in [6.45, 7) is 0.825. The lowest BCUT2D eigenvalue weighted by Crippen LogP contribution is -2.40. The fourth-order valence-electron chi connectivity index (χ4n) is 2.76. The number of amides is 2. The van der Waals surface area contributed by atoms with Crippen LogP contribution in [0.5, 0.6) is 0 Å². The molecule has 28 heavy (non-hydrogen) atoms. The van der Waals surface area contributed by atoms with Gasteiger partial charge in [-0.25, -0.2) is 22.8 Å². The molecular formula is C19H18N2O6S. The van der Waals surface area contributed by atoms with Crippen LogP contribution in [0.25, 0.3) is 0 Å². The normalized spacial score (nSPS) is 15.4. The second-order valence-electron chi connectivity index (χ2n) is 6.22. The Morgan fingerprint density at radius 1 is 1.11 bits per heavy atom. The Morgan fingerprint density at radius 3 is 2.29 bits per heavy atom. The number of cyclic esters (lactones) is 1. The summed E-state index contributed by atoms with van der Waals surface area (Å²) in [5, 5.41) is 0. The van der Waals surface area contributed by atoms with Crippen molar-refractivity contribution in [3.63, 3.8) is 0 Å². The Kier molecular flexibility index (Phi) is 5.57. The molecule has 2 aromatic rings. The zero-order valence-corrected chi connectivity index (χ0v) is 15.8. The Morgan fingerprint density at radius 2 is 1.75 bits per heavy atom. The number of hydrogen-bond acceptors (Lipinski definition) is 6. The van der Waals surface area contributed by atoms with Crippen LogP contribution in [0, 0.1) is 0 Å². The number of hydrogen-bond donors (Lipinski definition) is 1. The average molecular weight is 402 g/mol. The van der Waals surface area contributed by atoms with E-state index in [0.29, 0.717) is 11.1 Å². The van der Waals surface area contributed by atoms with E-state index < -0.39 is 28.1 Å². The highest BCUT2D eigenvalue weighted by molar-refractivity contribution is 7.89. The molecule has 0 saturated carbocycles. The Bertz CT molecular complexity index is 986. The molecule has 0 radical (unpaired) electrons. The van der Waals surface area contributed by atoms with Crippen molar-refractivity contribution in [3.8, 4) is 0 Å². The number of imide groups is 1. The SMILES string of the molecule is CC(=O)c1ccc(S(=O)(=O)NC(CN2C(=O)COC2=O)c2ccccc2)cc1. The molecule has 1 fully saturated rings. The lowest BCUT2D eigenvalue weighted by Gasteiger charge is -2.22. The van der Waals surface area contributed by atoms with Crippen molar-refractivity contribution in [1.82, 2.24) is 9.62 Å². The number of nitrogens with one attached hydrogen (secondary N) is 1. The number of Topliss-reactive ketones (excluding diaryl/α,β-unsaturated/α-hetero) is 1. The molecule has 1 atom stereocenters. The Labute approximate surface area is 162 Å². The number of rotatable bonds is 7. The van der Waals surface area contributed by atoms with Gasteiger partial charge in [-0.1, -0.05) is 42.5 Å². The predicted molar refractivity (Wildman–Crippen MR) is 99.0 cm³/mol. The van der Waals surface area contributed by atoms with E-state index in [0.717, 1.165) is 4.90 Å². The van der Waals surface area contributed by atoms with Crippen LogP contribution in [0.1, 0.15) is 28.9 Å². The molecule has 1 heterocycles. The van der Waals surface area contributed by atoms with Crippen LogP contribution in [0.2, 0.25) is 0 Å². The second kappa shape index (κ2) is 7.91. The molecule has 9 heteroatoms. The first-order chi connectivity index (χ1) is 13.3. The lowest BCUT2D eigenvalue weighted by molar-refractivity contribution is -0.126. The second-order valence-corrected chi connectivity index (χ2v) is 7.94. The summed E-state index contributed by atoms with van der Waals surface area (Å²) in [7, 11) is -3.98. The summed E-state index contributed by atoms with van der Waals surface area (Å²) >= 11 is 0. The summed E-state index contributed by atoms with van der Waals surface area (Å²) in [5.74, 6) is -0.707.